The van der Waals surface area contributed by atoms with Gasteiger partial charge in [-0.1, -0.05) is 39.8 Å². The van der Waals surface area contributed by atoms with E-state index < -0.39 is 41.3 Å². The molecule has 4 atom stereocenters. The van der Waals surface area contributed by atoms with Crippen LogP contribution in [-0.2, 0) is 59.4 Å². The van der Waals surface area contributed by atoms with Crippen LogP contribution in [0.25, 0.3) is 33.3 Å². The Morgan fingerprint density at radius 3 is 2.58 bits per heavy atom. The molecule has 3 N–H and O–H groups in total. The fourth-order valence-electron chi connectivity index (χ4n) is 10.9. The molecule has 67 heavy (non-hydrogen) atoms. The summed E-state index contributed by atoms with van der Waals surface area (Å²) >= 11 is 0. The third kappa shape index (κ3) is 10.4. The fourth-order valence-corrected chi connectivity index (χ4v) is 10.9. The number of esters is 1. The highest BCUT2D eigenvalue weighted by atomic mass is 16.5. The summed E-state index contributed by atoms with van der Waals surface area (Å²) in [6.45, 7) is 14.5. The monoisotopic (exact) mass is 920 g/mol. The van der Waals surface area contributed by atoms with Gasteiger partial charge in [-0.3, -0.25) is 34.1 Å². The Hall–Kier alpha value is -5.35. The Kier molecular flexibility index (Phi) is 14.7. The maximum absolute atomic E-state index is 14.8. The van der Waals surface area contributed by atoms with Gasteiger partial charge in [-0.05, 0) is 116 Å². The van der Waals surface area contributed by atoms with Gasteiger partial charge >= 0.3 is 5.97 Å². The molecule has 0 spiro atoms. The molecule has 1 unspecified atom stereocenters. The number of hydrogen-bond donors (Lipinski definition) is 3. The molecule has 8 rings (SSSR count). The molecule has 2 aromatic carbocycles. The molecule has 6 heterocycles. The number of phenols is 1. The van der Waals surface area contributed by atoms with Gasteiger partial charge < -0.3 is 34.1 Å². The van der Waals surface area contributed by atoms with Gasteiger partial charge in [-0.25, -0.2) is 5.43 Å². The highest BCUT2D eigenvalue weighted by Crippen LogP contribution is 2.41. The summed E-state index contributed by atoms with van der Waals surface area (Å²) in [5, 5.41) is 16.9. The van der Waals surface area contributed by atoms with Crippen molar-refractivity contribution in [1.29, 1.82) is 0 Å². The molecule has 0 radical (unpaired) electrons. The van der Waals surface area contributed by atoms with Crippen LogP contribution in [0.3, 0.4) is 0 Å². The number of amides is 3. The molecule has 15 heteroatoms. The largest absolute Gasteiger partial charge is 0.508 e. The van der Waals surface area contributed by atoms with Crippen LogP contribution in [0.2, 0.25) is 0 Å². The zero-order valence-electron chi connectivity index (χ0n) is 40.3. The molecule has 3 amide bonds. The summed E-state index contributed by atoms with van der Waals surface area (Å²) in [7, 11) is 3.37. The number of nitrogens with one attached hydrogen (secondary N) is 2. The van der Waals surface area contributed by atoms with Crippen molar-refractivity contribution in [1.82, 2.24) is 35.1 Å². The van der Waals surface area contributed by atoms with E-state index >= 15 is 0 Å². The van der Waals surface area contributed by atoms with E-state index in [9.17, 15) is 24.3 Å². The number of hydrazine groups is 1. The lowest BCUT2D eigenvalue weighted by Gasteiger charge is -2.37. The highest BCUT2D eigenvalue weighted by Gasteiger charge is 2.41. The van der Waals surface area contributed by atoms with Gasteiger partial charge in [-0.15, -0.1) is 0 Å². The van der Waals surface area contributed by atoms with Gasteiger partial charge in [0.25, 0.3) is 5.91 Å². The number of fused-ring (bicyclic) bond motifs is 6. The molecule has 0 saturated carbocycles. The molecule has 2 aromatic heterocycles. The van der Waals surface area contributed by atoms with Crippen molar-refractivity contribution in [3.63, 3.8) is 0 Å². The number of aromatic nitrogens is 2. The Morgan fingerprint density at radius 1 is 1.04 bits per heavy atom. The Labute approximate surface area is 394 Å². The van der Waals surface area contributed by atoms with Gasteiger partial charge in [0, 0.05) is 93.7 Å². The van der Waals surface area contributed by atoms with E-state index in [1.807, 2.05) is 38.2 Å². The van der Waals surface area contributed by atoms with Crippen molar-refractivity contribution in [2.24, 2.45) is 17.3 Å². The second kappa shape index (κ2) is 20.5. The van der Waals surface area contributed by atoms with Crippen LogP contribution in [0.5, 0.6) is 5.75 Å². The number of aromatic hydroxyl groups is 1. The lowest BCUT2D eigenvalue weighted by molar-refractivity contribution is -0.155. The van der Waals surface area contributed by atoms with Gasteiger partial charge in [0.2, 0.25) is 11.8 Å². The average Bonchev–Trinajstić information content (AvgIpc) is 3.93. The topological polar surface area (TPSA) is 168 Å². The zero-order chi connectivity index (χ0) is 47.6. The van der Waals surface area contributed by atoms with E-state index in [-0.39, 0.29) is 36.5 Å². The number of likely N-dealkylation sites (tertiary alicyclic amines) is 1. The zero-order valence-corrected chi connectivity index (χ0v) is 40.3. The van der Waals surface area contributed by atoms with Crippen LogP contribution in [0.1, 0.15) is 83.4 Å². The Bertz CT molecular complexity index is 2460. The number of pyridine rings is 1. The molecule has 4 aliphatic rings. The summed E-state index contributed by atoms with van der Waals surface area (Å²) in [5.74, 6) is -1.92. The first kappa shape index (κ1) is 48.1. The smallest absolute Gasteiger partial charge is 0.324 e. The Morgan fingerprint density at radius 2 is 1.84 bits per heavy atom. The summed E-state index contributed by atoms with van der Waals surface area (Å²) in [6.07, 6.45) is 7.87. The first-order chi connectivity index (χ1) is 32.2. The molecule has 3 fully saturated rings. The second-order valence-corrected chi connectivity index (χ2v) is 20.1. The van der Waals surface area contributed by atoms with E-state index in [1.165, 1.54) is 5.01 Å². The van der Waals surface area contributed by atoms with E-state index in [0.717, 1.165) is 83.4 Å². The maximum Gasteiger partial charge on any atom is 0.324 e. The normalized spacial score (nSPS) is 22.4. The van der Waals surface area contributed by atoms with Crippen molar-refractivity contribution >= 4 is 34.6 Å². The number of aryl methyl sites for hydroxylation is 1. The van der Waals surface area contributed by atoms with Crippen molar-refractivity contribution in [3.8, 4) is 28.1 Å². The first-order valence-corrected chi connectivity index (χ1v) is 24.2. The summed E-state index contributed by atoms with van der Waals surface area (Å²) in [5.41, 5.74) is 9.95. The minimum absolute atomic E-state index is 0.0166. The molecular formula is C52H69N7O8. The highest BCUT2D eigenvalue weighted by molar-refractivity contribution is 5.96. The second-order valence-electron chi connectivity index (χ2n) is 20.1. The van der Waals surface area contributed by atoms with Crippen LogP contribution >= 0.6 is 0 Å². The van der Waals surface area contributed by atoms with Crippen LogP contribution in [0.4, 0.5) is 0 Å². The first-order valence-electron chi connectivity index (χ1n) is 24.2. The van der Waals surface area contributed by atoms with Gasteiger partial charge in [-0.2, -0.15) is 0 Å². The van der Waals surface area contributed by atoms with Crippen molar-refractivity contribution < 1.29 is 38.5 Å². The number of cyclic esters (lactones) is 1. The standard InChI is InChI=1S/C52H69N7O8/c1-8-58-45-12-11-34-26-40(45)41(47(58)42-28-53-17-13-36(42)30-65-7)27-52(4,5)31-67-51(64)43-10-9-18-59(55-43)50(63)44(24-33-22-37(34)25-39(60)23-33)54-48(61)46(32(2)3)56(6)49(62)35-14-19-57(29-35)38-15-20-66-21-16-38/h11-13,17,22-23,25-26,28,32,35,38,43-44,46,55,60H,8-10,14-16,18-21,24,27,29-31H2,1-7H3,(H,54,61)/t35-,43-,44-,46?/m0/s1. The molecular weight excluding hydrogens is 851 g/mol. The van der Waals surface area contributed by atoms with E-state index in [4.69, 9.17) is 14.2 Å². The molecule has 6 bridgehead atoms. The predicted molar refractivity (Wildman–Crippen MR) is 256 cm³/mol. The number of hydrogen-bond acceptors (Lipinski definition) is 11. The van der Waals surface area contributed by atoms with Gasteiger partial charge in [0.1, 0.15) is 23.9 Å². The number of carbonyl (C=O) groups excluding carboxylic acids is 4. The summed E-state index contributed by atoms with van der Waals surface area (Å²) < 4.78 is 19.6. The number of rotatable bonds is 10. The quantitative estimate of drug-likeness (QED) is 0.163. The number of carbonyl (C=O) groups is 4. The van der Waals surface area contributed by atoms with E-state index in [0.29, 0.717) is 57.1 Å². The van der Waals surface area contributed by atoms with E-state index in [2.05, 4.69) is 58.1 Å². The molecule has 4 aromatic rings. The number of methoxy groups -OCH3 is 1. The lowest BCUT2D eigenvalue weighted by Crippen LogP contribution is -2.62. The third-order valence-corrected chi connectivity index (χ3v) is 14.3. The number of nitrogens with zero attached hydrogens (tertiary/aromatic N) is 5. The minimum Gasteiger partial charge on any atom is -0.508 e. The predicted octanol–water partition coefficient (Wildman–Crippen LogP) is 5.87. The van der Waals surface area contributed by atoms with Crippen molar-refractivity contribution in [3.05, 3.63) is 71.5 Å². The summed E-state index contributed by atoms with van der Waals surface area (Å²) in [6, 6.07) is 11.2. The number of benzene rings is 2. The molecule has 15 nitrogen and oxygen atoms in total. The molecule has 0 aliphatic carbocycles. The fraction of sp³-hybridized carbons (Fsp3) is 0.558. The van der Waals surface area contributed by atoms with Gasteiger partial charge in [0.15, 0.2) is 0 Å². The van der Waals surface area contributed by atoms with E-state index in [1.54, 1.807) is 37.4 Å². The Balaban J connectivity index is 1.16. The van der Waals surface area contributed by atoms with Crippen molar-refractivity contribution in [2.75, 3.05) is 53.6 Å². The third-order valence-electron chi connectivity index (χ3n) is 14.3. The minimum atomic E-state index is -1.11. The SMILES string of the molecule is CCn1c(-c2cnccc2COC)c2c3cc(ccc31)-c1cc(O)cc(c1)C[C@H](NC(=O)C(C(C)C)N(C)C(=O)[C@H]1CCN(C3CCOCC3)C1)C(=O)N1CCC[C@H](N1)C(=O)OCC(C)(C)C2. The van der Waals surface area contributed by atoms with Crippen molar-refractivity contribution in [2.45, 2.75) is 117 Å². The number of phenolic OH excluding ortho intramolecular Hbond substituents is 1. The maximum atomic E-state index is 14.8. The van der Waals surface area contributed by atoms with Crippen LogP contribution in [0, 0.1) is 17.3 Å². The number of likely N-dealkylation sites (N-methyl/N-ethyl adjacent to an activating group) is 1. The molecule has 3 saturated heterocycles. The molecule has 4 aliphatic heterocycles. The lowest BCUT2D eigenvalue weighted by atomic mass is 9.84. The van der Waals surface area contributed by atoms with Crippen LogP contribution in [0.15, 0.2) is 54.9 Å². The van der Waals surface area contributed by atoms with Gasteiger partial charge in [0.05, 0.1) is 24.8 Å². The number of ether oxygens (including phenoxy) is 3. The summed E-state index contributed by atoms with van der Waals surface area (Å²) in [4.78, 5) is 66.0. The average molecular weight is 920 g/mol. The molecule has 360 valence electrons. The van der Waals surface area contributed by atoms with Crippen LogP contribution < -0.4 is 10.7 Å². The van der Waals surface area contributed by atoms with Crippen LogP contribution in [-0.4, -0.2) is 131 Å².